The van der Waals surface area contributed by atoms with Gasteiger partial charge in [-0.3, -0.25) is 4.79 Å². The van der Waals surface area contributed by atoms with E-state index < -0.39 is 0 Å². The van der Waals surface area contributed by atoms with Crippen LogP contribution in [0.2, 0.25) is 0 Å². The van der Waals surface area contributed by atoms with Crippen molar-refractivity contribution in [2.75, 3.05) is 18.0 Å². The molecule has 0 bridgehead atoms. The Balaban J connectivity index is 1.53. The summed E-state index contributed by atoms with van der Waals surface area (Å²) in [5.41, 5.74) is 2.65. The van der Waals surface area contributed by atoms with Gasteiger partial charge in [0.1, 0.15) is 0 Å². The van der Waals surface area contributed by atoms with Gasteiger partial charge >= 0.3 is 0 Å². The molecule has 3 heterocycles. The molecule has 2 aliphatic rings. The van der Waals surface area contributed by atoms with E-state index in [2.05, 4.69) is 16.8 Å². The van der Waals surface area contributed by atoms with Gasteiger partial charge < -0.3 is 9.80 Å². The summed E-state index contributed by atoms with van der Waals surface area (Å²) >= 11 is 0. The summed E-state index contributed by atoms with van der Waals surface area (Å²) in [7, 11) is 0. The second kappa shape index (κ2) is 6.23. The Morgan fingerprint density at radius 2 is 2.08 bits per heavy atom. The molecule has 1 unspecified atom stereocenters. The van der Waals surface area contributed by atoms with Gasteiger partial charge in [-0.1, -0.05) is 37.3 Å². The highest BCUT2D eigenvalue weighted by molar-refractivity contribution is 5.97. The number of anilines is 1. The fraction of sp³-hybridized carbons (Fsp3) is 0.421. The van der Waals surface area contributed by atoms with Crippen molar-refractivity contribution >= 4 is 11.9 Å². The molecule has 1 amide bonds. The second-order valence-corrected chi connectivity index (χ2v) is 6.87. The largest absolute Gasteiger partial charge is 0.341 e. The molecule has 2 aromatic rings. The monoisotopic (exact) mass is 322 g/mol. The van der Waals surface area contributed by atoms with Crippen LogP contribution in [-0.2, 0) is 13.1 Å². The van der Waals surface area contributed by atoms with Crippen LogP contribution in [0.25, 0.3) is 0 Å². The van der Waals surface area contributed by atoms with E-state index in [1.807, 2.05) is 35.2 Å². The van der Waals surface area contributed by atoms with Gasteiger partial charge in [0.2, 0.25) is 5.95 Å². The van der Waals surface area contributed by atoms with E-state index in [9.17, 15) is 4.79 Å². The minimum atomic E-state index is 0.0346. The average molecular weight is 322 g/mol. The number of fused-ring (bicyclic) bond motifs is 1. The summed E-state index contributed by atoms with van der Waals surface area (Å²) in [5.74, 6) is 1.48. The van der Waals surface area contributed by atoms with Crippen molar-refractivity contribution in [1.82, 2.24) is 14.9 Å². The minimum Gasteiger partial charge on any atom is -0.341 e. The molecule has 2 aliphatic heterocycles. The zero-order valence-corrected chi connectivity index (χ0v) is 14.0. The van der Waals surface area contributed by atoms with Gasteiger partial charge in [-0.2, -0.15) is 0 Å². The number of aromatic nitrogens is 2. The average Bonchev–Trinajstić information content (AvgIpc) is 2.91. The number of carbonyl (C=O) groups excluding carboxylic acids is 1. The van der Waals surface area contributed by atoms with Crippen LogP contribution >= 0.6 is 0 Å². The molecular formula is C19H22N4O. The van der Waals surface area contributed by atoms with Crippen molar-refractivity contribution in [3.8, 4) is 0 Å². The van der Waals surface area contributed by atoms with Crippen LogP contribution in [0.3, 0.4) is 0 Å². The first-order chi connectivity index (χ1) is 11.7. The van der Waals surface area contributed by atoms with Gasteiger partial charge in [0.05, 0.1) is 17.8 Å². The topological polar surface area (TPSA) is 49.3 Å². The number of rotatable bonds is 3. The maximum Gasteiger partial charge on any atom is 0.258 e. The maximum atomic E-state index is 12.6. The Labute approximate surface area is 142 Å². The predicted molar refractivity (Wildman–Crippen MR) is 92.7 cm³/mol. The normalized spacial score (nSPS) is 20.4. The molecule has 0 radical (unpaired) electrons. The molecule has 5 nitrogen and oxygen atoms in total. The van der Waals surface area contributed by atoms with E-state index in [1.165, 1.54) is 12.8 Å². The van der Waals surface area contributed by atoms with Crippen LogP contribution in [0.15, 0.2) is 36.5 Å². The van der Waals surface area contributed by atoms with Crippen LogP contribution in [0, 0.1) is 5.92 Å². The van der Waals surface area contributed by atoms with Crippen molar-refractivity contribution in [2.45, 2.75) is 32.9 Å². The smallest absolute Gasteiger partial charge is 0.258 e. The van der Waals surface area contributed by atoms with E-state index in [0.717, 1.165) is 30.3 Å². The molecule has 5 heteroatoms. The maximum absolute atomic E-state index is 12.6. The van der Waals surface area contributed by atoms with Crippen LogP contribution in [0.1, 0.15) is 41.4 Å². The SMILES string of the molecule is CC1CCCN(c2ncc3c(n2)CN(Cc2ccccc2)C3=O)C1. The molecule has 0 spiro atoms. The summed E-state index contributed by atoms with van der Waals surface area (Å²) in [6.07, 6.45) is 4.16. The Morgan fingerprint density at radius 3 is 2.88 bits per heavy atom. The quantitative estimate of drug-likeness (QED) is 0.872. The summed E-state index contributed by atoms with van der Waals surface area (Å²) in [4.78, 5) is 25.8. The molecule has 24 heavy (non-hydrogen) atoms. The summed E-state index contributed by atoms with van der Waals surface area (Å²) in [6, 6.07) is 10.1. The van der Waals surface area contributed by atoms with Crippen LogP contribution in [0.4, 0.5) is 5.95 Å². The molecule has 1 saturated heterocycles. The third kappa shape index (κ3) is 2.86. The highest BCUT2D eigenvalue weighted by Crippen LogP contribution is 2.26. The van der Waals surface area contributed by atoms with Crippen molar-refractivity contribution in [1.29, 1.82) is 0 Å². The fourth-order valence-electron chi connectivity index (χ4n) is 3.58. The van der Waals surface area contributed by atoms with Gasteiger partial charge in [-0.15, -0.1) is 0 Å². The Hall–Kier alpha value is -2.43. The van der Waals surface area contributed by atoms with Gasteiger partial charge in [0.25, 0.3) is 5.91 Å². The summed E-state index contributed by atoms with van der Waals surface area (Å²) in [6.45, 7) is 5.46. The zero-order chi connectivity index (χ0) is 16.5. The number of hydrogen-bond donors (Lipinski definition) is 0. The van der Waals surface area contributed by atoms with Crippen LogP contribution in [0.5, 0.6) is 0 Å². The number of hydrogen-bond acceptors (Lipinski definition) is 4. The molecule has 1 aromatic carbocycles. The lowest BCUT2D eigenvalue weighted by molar-refractivity contribution is 0.0766. The summed E-state index contributed by atoms with van der Waals surface area (Å²) < 4.78 is 0. The standard InChI is InChI=1S/C19H22N4O/c1-14-6-5-9-22(11-14)19-20-10-16-17(21-19)13-23(18(16)24)12-15-7-3-2-4-8-15/h2-4,7-8,10,14H,5-6,9,11-13H2,1H3. The number of piperidine rings is 1. The minimum absolute atomic E-state index is 0.0346. The highest BCUT2D eigenvalue weighted by atomic mass is 16.2. The molecule has 124 valence electrons. The highest BCUT2D eigenvalue weighted by Gasteiger charge is 2.30. The molecule has 1 fully saturated rings. The molecule has 0 aliphatic carbocycles. The number of amides is 1. The van der Waals surface area contributed by atoms with Gasteiger partial charge in [-0.05, 0) is 24.3 Å². The summed E-state index contributed by atoms with van der Waals surface area (Å²) in [5, 5.41) is 0. The Bertz CT molecular complexity index is 746. The molecular weight excluding hydrogens is 300 g/mol. The fourth-order valence-corrected chi connectivity index (χ4v) is 3.58. The van der Waals surface area contributed by atoms with Crippen LogP contribution in [-0.4, -0.2) is 33.9 Å². The Kier molecular flexibility index (Phi) is 3.92. The first kappa shape index (κ1) is 15.1. The van der Waals surface area contributed by atoms with E-state index in [1.54, 1.807) is 6.20 Å². The third-order valence-corrected chi connectivity index (χ3v) is 4.87. The van der Waals surface area contributed by atoms with Gasteiger partial charge in [-0.25, -0.2) is 9.97 Å². The molecule has 1 aromatic heterocycles. The lowest BCUT2D eigenvalue weighted by atomic mass is 10.0. The second-order valence-electron chi connectivity index (χ2n) is 6.87. The molecule has 0 saturated carbocycles. The van der Waals surface area contributed by atoms with E-state index in [4.69, 9.17) is 4.98 Å². The molecule has 4 rings (SSSR count). The van der Waals surface area contributed by atoms with Crippen molar-refractivity contribution < 1.29 is 4.79 Å². The predicted octanol–water partition coefficient (Wildman–Crippen LogP) is 2.87. The van der Waals surface area contributed by atoms with Crippen molar-refractivity contribution in [2.24, 2.45) is 5.92 Å². The van der Waals surface area contributed by atoms with E-state index in [-0.39, 0.29) is 5.91 Å². The van der Waals surface area contributed by atoms with E-state index >= 15 is 0 Å². The molecule has 0 N–H and O–H groups in total. The first-order valence-corrected chi connectivity index (χ1v) is 8.65. The lowest BCUT2D eigenvalue weighted by Crippen LogP contribution is -2.35. The van der Waals surface area contributed by atoms with Gasteiger partial charge in [0, 0.05) is 25.8 Å². The number of nitrogens with zero attached hydrogens (tertiary/aromatic N) is 4. The van der Waals surface area contributed by atoms with E-state index in [0.29, 0.717) is 24.6 Å². The first-order valence-electron chi connectivity index (χ1n) is 8.65. The van der Waals surface area contributed by atoms with Crippen molar-refractivity contribution in [3.05, 3.63) is 53.3 Å². The van der Waals surface area contributed by atoms with Crippen LogP contribution < -0.4 is 4.90 Å². The zero-order valence-electron chi connectivity index (χ0n) is 14.0. The number of benzene rings is 1. The van der Waals surface area contributed by atoms with Crippen molar-refractivity contribution in [3.63, 3.8) is 0 Å². The third-order valence-electron chi connectivity index (χ3n) is 4.87. The number of carbonyl (C=O) groups is 1. The Morgan fingerprint density at radius 1 is 1.25 bits per heavy atom. The lowest BCUT2D eigenvalue weighted by Gasteiger charge is -2.30. The van der Waals surface area contributed by atoms with Gasteiger partial charge in [0.15, 0.2) is 0 Å². The molecule has 1 atom stereocenters.